The minimum atomic E-state index is -0.450. The van der Waals surface area contributed by atoms with Crippen LogP contribution in [-0.4, -0.2) is 4.57 Å². The fourth-order valence-electron chi connectivity index (χ4n) is 9.84. The van der Waals surface area contributed by atoms with Gasteiger partial charge in [0.2, 0.25) is 0 Å². The van der Waals surface area contributed by atoms with Crippen molar-refractivity contribution >= 4 is 45.7 Å². The highest BCUT2D eigenvalue weighted by molar-refractivity contribution is 6.00. The van der Waals surface area contributed by atoms with Crippen LogP contribution in [0.4, 0.5) is 17.1 Å². The van der Waals surface area contributed by atoms with E-state index in [4.69, 9.17) is 0 Å². The van der Waals surface area contributed by atoms with Crippen LogP contribution in [0.5, 0.6) is 0 Å². The van der Waals surface area contributed by atoms with Crippen LogP contribution in [0.1, 0.15) is 72.2 Å². The molecule has 0 bridgehead atoms. The SMILES string of the molecule is C=Cc1c(/C=C\C)n(-c2ccccc2)c2ccc(N(c3ccccc3)c3ccc4c(c3)C3(C5=C(C=CC#CC5)c5ccc(CCCC)cc53)c3ccccc3-4)cc12. The fraction of sp³-hybridized carbons (Fsp3) is 0.127. The Morgan fingerprint density at radius 1 is 0.737 bits per heavy atom. The van der Waals surface area contributed by atoms with Crippen molar-refractivity contribution in [3.63, 3.8) is 0 Å². The van der Waals surface area contributed by atoms with Crippen LogP contribution in [0.25, 0.3) is 45.4 Å². The lowest BCUT2D eigenvalue weighted by Gasteiger charge is -2.34. The van der Waals surface area contributed by atoms with Crippen LogP contribution >= 0.6 is 0 Å². The molecule has 0 saturated heterocycles. The summed E-state index contributed by atoms with van der Waals surface area (Å²) in [6, 6.07) is 51.9. The number of nitrogens with zero attached hydrogens (tertiary/aromatic N) is 2. The number of allylic oxidation sites excluding steroid dienone is 5. The van der Waals surface area contributed by atoms with Crippen LogP contribution in [-0.2, 0) is 11.8 Å². The Morgan fingerprint density at radius 2 is 1.46 bits per heavy atom. The lowest BCUT2D eigenvalue weighted by atomic mass is 9.68. The minimum Gasteiger partial charge on any atom is -0.310 e. The van der Waals surface area contributed by atoms with Gasteiger partial charge in [-0.2, -0.15) is 0 Å². The molecular weight excluding hydrogens is 689 g/mol. The molecule has 0 saturated carbocycles. The summed E-state index contributed by atoms with van der Waals surface area (Å²) in [5.74, 6) is 6.87. The largest absolute Gasteiger partial charge is 0.310 e. The first-order chi connectivity index (χ1) is 28.2. The zero-order valence-corrected chi connectivity index (χ0v) is 32.6. The minimum absolute atomic E-state index is 0.450. The predicted octanol–water partition coefficient (Wildman–Crippen LogP) is 14.2. The van der Waals surface area contributed by atoms with Crippen molar-refractivity contribution in [3.05, 3.63) is 209 Å². The molecule has 1 atom stereocenters. The lowest BCUT2D eigenvalue weighted by Crippen LogP contribution is -2.28. The van der Waals surface area contributed by atoms with Crippen molar-refractivity contribution in [3.8, 4) is 28.7 Å². The van der Waals surface area contributed by atoms with Gasteiger partial charge in [0.25, 0.3) is 0 Å². The maximum absolute atomic E-state index is 4.32. The van der Waals surface area contributed by atoms with E-state index in [0.29, 0.717) is 0 Å². The standard InChI is InChI=1S/C55H44N2/c1-4-7-20-38-29-32-46-44-25-15-10-16-27-49(44)55(51(46)35-38)50-28-18-17-26-45(50)47-33-30-42(37-52(47)55)56(39-21-11-8-12-22-39)41-31-34-54-48(36-41)43(6-3)53(19-5-2)57(54)40-23-13-9-14-24-40/h5-6,8-9,11-15,17-19,21-26,28-37H,3-4,7,20,27H2,1-2H3/b19-5-. The van der Waals surface area contributed by atoms with Crippen LogP contribution in [0.15, 0.2) is 170 Å². The third-order valence-electron chi connectivity index (χ3n) is 12.2. The monoisotopic (exact) mass is 732 g/mol. The highest BCUT2D eigenvalue weighted by Gasteiger charge is 2.52. The van der Waals surface area contributed by atoms with Gasteiger partial charge in [0.1, 0.15) is 0 Å². The van der Waals surface area contributed by atoms with Gasteiger partial charge in [-0.05, 0) is 143 Å². The molecule has 3 aliphatic carbocycles. The fourth-order valence-corrected chi connectivity index (χ4v) is 9.84. The number of anilines is 3. The second-order valence-corrected chi connectivity index (χ2v) is 15.3. The summed E-state index contributed by atoms with van der Waals surface area (Å²) in [5.41, 5.74) is 19.5. The number of aromatic nitrogens is 1. The zero-order chi connectivity index (χ0) is 38.5. The average molecular weight is 733 g/mol. The van der Waals surface area contributed by atoms with Gasteiger partial charge in [0.15, 0.2) is 0 Å². The van der Waals surface area contributed by atoms with Crippen molar-refractivity contribution in [2.24, 2.45) is 0 Å². The zero-order valence-electron chi connectivity index (χ0n) is 32.6. The van der Waals surface area contributed by atoms with Gasteiger partial charge >= 0.3 is 0 Å². The lowest BCUT2D eigenvalue weighted by molar-refractivity contribution is 0.744. The molecule has 0 aliphatic heterocycles. The van der Waals surface area contributed by atoms with E-state index in [1.807, 2.05) is 12.2 Å². The molecule has 57 heavy (non-hydrogen) atoms. The summed E-state index contributed by atoms with van der Waals surface area (Å²) >= 11 is 0. The number of benzene rings is 6. The van der Waals surface area contributed by atoms with E-state index < -0.39 is 5.41 Å². The Morgan fingerprint density at radius 3 is 2.26 bits per heavy atom. The van der Waals surface area contributed by atoms with E-state index in [-0.39, 0.29) is 0 Å². The maximum atomic E-state index is 4.32. The molecule has 1 unspecified atom stereocenters. The molecule has 0 N–H and O–H groups in total. The van der Waals surface area contributed by atoms with Crippen LogP contribution in [0, 0.1) is 11.8 Å². The van der Waals surface area contributed by atoms with Gasteiger partial charge in [-0.1, -0.05) is 129 Å². The summed E-state index contributed by atoms with van der Waals surface area (Å²) in [6.07, 6.45) is 14.8. The molecule has 1 spiro atoms. The molecule has 2 heteroatoms. The molecule has 3 aliphatic rings. The van der Waals surface area contributed by atoms with E-state index >= 15 is 0 Å². The molecule has 0 radical (unpaired) electrons. The number of para-hydroxylation sites is 2. The molecule has 1 aromatic heterocycles. The Bertz CT molecular complexity index is 2890. The number of hydrogen-bond acceptors (Lipinski definition) is 1. The molecule has 0 amide bonds. The van der Waals surface area contributed by atoms with E-state index in [9.17, 15) is 0 Å². The number of aryl methyl sites for hydroxylation is 1. The van der Waals surface area contributed by atoms with Crippen molar-refractivity contribution in [1.29, 1.82) is 0 Å². The molecule has 0 fully saturated rings. The predicted molar refractivity (Wildman–Crippen MR) is 242 cm³/mol. The van der Waals surface area contributed by atoms with Gasteiger partial charge in [0, 0.05) is 40.1 Å². The molecule has 6 aromatic carbocycles. The molecule has 7 aromatic rings. The van der Waals surface area contributed by atoms with Crippen LogP contribution < -0.4 is 4.90 Å². The van der Waals surface area contributed by atoms with Crippen LogP contribution in [0.2, 0.25) is 0 Å². The number of rotatable bonds is 9. The first-order valence-corrected chi connectivity index (χ1v) is 20.3. The van der Waals surface area contributed by atoms with Gasteiger partial charge < -0.3 is 9.47 Å². The molecule has 1 heterocycles. The normalized spacial score (nSPS) is 16.0. The van der Waals surface area contributed by atoms with Crippen molar-refractivity contribution < 1.29 is 0 Å². The highest BCUT2D eigenvalue weighted by atomic mass is 15.1. The first kappa shape index (κ1) is 34.7. The Balaban J connectivity index is 1.23. The molecular formula is C55H44N2. The summed E-state index contributed by atoms with van der Waals surface area (Å²) in [7, 11) is 0. The van der Waals surface area contributed by atoms with E-state index in [1.54, 1.807) is 0 Å². The van der Waals surface area contributed by atoms with Crippen LogP contribution in [0.3, 0.4) is 0 Å². The van der Waals surface area contributed by atoms with Gasteiger partial charge in [0.05, 0.1) is 16.6 Å². The number of fused-ring (bicyclic) bond motifs is 10. The van der Waals surface area contributed by atoms with E-state index in [1.165, 1.54) is 62.9 Å². The van der Waals surface area contributed by atoms with E-state index in [2.05, 4.69) is 199 Å². The highest BCUT2D eigenvalue weighted by Crippen LogP contribution is 2.63. The van der Waals surface area contributed by atoms with E-state index in [0.717, 1.165) is 57.8 Å². The Hall–Kier alpha value is -6.82. The summed E-state index contributed by atoms with van der Waals surface area (Å²) in [5, 5.41) is 1.16. The third-order valence-corrected chi connectivity index (χ3v) is 12.2. The van der Waals surface area contributed by atoms with Gasteiger partial charge in [-0.3, -0.25) is 0 Å². The second kappa shape index (κ2) is 14.0. The van der Waals surface area contributed by atoms with Crippen molar-refractivity contribution in [2.75, 3.05) is 4.90 Å². The molecule has 2 nitrogen and oxygen atoms in total. The topological polar surface area (TPSA) is 8.17 Å². The van der Waals surface area contributed by atoms with Crippen molar-refractivity contribution in [2.45, 2.75) is 44.9 Å². The number of hydrogen-bond donors (Lipinski definition) is 0. The second-order valence-electron chi connectivity index (χ2n) is 15.3. The first-order valence-electron chi connectivity index (χ1n) is 20.3. The summed E-state index contributed by atoms with van der Waals surface area (Å²) < 4.78 is 2.35. The summed E-state index contributed by atoms with van der Waals surface area (Å²) in [6.45, 7) is 8.68. The van der Waals surface area contributed by atoms with Gasteiger partial charge in [-0.25, -0.2) is 0 Å². The Kier molecular flexibility index (Phi) is 8.53. The maximum Gasteiger partial charge on any atom is 0.0698 e. The van der Waals surface area contributed by atoms with Crippen molar-refractivity contribution in [1.82, 2.24) is 4.57 Å². The summed E-state index contributed by atoms with van der Waals surface area (Å²) in [4.78, 5) is 2.42. The Labute approximate surface area is 336 Å². The number of unbranched alkanes of at least 4 members (excludes halogenated alkanes) is 1. The quantitative estimate of drug-likeness (QED) is 0.134. The average Bonchev–Trinajstić information content (AvgIpc) is 3.73. The third kappa shape index (κ3) is 5.27. The van der Waals surface area contributed by atoms with Gasteiger partial charge in [-0.15, -0.1) is 0 Å². The molecule has 10 rings (SSSR count). The molecule has 274 valence electrons. The smallest absolute Gasteiger partial charge is 0.0698 e.